The number of hydrogen-bond donors (Lipinski definition) is 0. The first-order valence-corrected chi connectivity index (χ1v) is 11.4. The lowest BCUT2D eigenvalue weighted by atomic mass is 10.0. The molecule has 4 nitrogen and oxygen atoms in total. The molecule has 0 bridgehead atoms. The van der Waals surface area contributed by atoms with Crippen molar-refractivity contribution >= 4 is 15.4 Å². The highest BCUT2D eigenvalue weighted by atomic mass is 32.2. The van der Waals surface area contributed by atoms with Crippen molar-refractivity contribution in [2.75, 3.05) is 12.9 Å². The Hall–Kier alpha value is -3.05. The largest absolute Gasteiger partial charge is 0.496 e. The lowest BCUT2D eigenvalue weighted by molar-refractivity contribution is 0.304. The van der Waals surface area contributed by atoms with E-state index in [-0.39, 0.29) is 5.75 Å². The molecule has 0 saturated carbocycles. The molecular weight excluding hydrogens is 396 g/mol. The van der Waals surface area contributed by atoms with E-state index in [1.54, 1.807) is 43.5 Å². The van der Waals surface area contributed by atoms with Crippen LogP contribution in [0.1, 0.15) is 23.6 Å². The third kappa shape index (κ3) is 5.30. The van der Waals surface area contributed by atoms with Crippen LogP contribution in [-0.4, -0.2) is 21.3 Å². The predicted octanol–water partition coefficient (Wildman–Crippen LogP) is 5.46. The van der Waals surface area contributed by atoms with Crippen molar-refractivity contribution in [3.63, 3.8) is 0 Å². The highest BCUT2D eigenvalue weighted by molar-refractivity contribution is 7.91. The summed E-state index contributed by atoms with van der Waals surface area (Å²) in [4.78, 5) is 0.316. The Morgan fingerprint density at radius 2 is 1.57 bits per heavy atom. The lowest BCUT2D eigenvalue weighted by Crippen LogP contribution is -2.05. The van der Waals surface area contributed by atoms with Crippen LogP contribution >= 0.6 is 0 Å². The van der Waals surface area contributed by atoms with Gasteiger partial charge in [-0.25, -0.2) is 8.42 Å². The van der Waals surface area contributed by atoms with Crippen molar-refractivity contribution < 1.29 is 17.9 Å². The molecule has 0 saturated heterocycles. The molecule has 0 aromatic heterocycles. The molecule has 0 spiro atoms. The molecule has 3 rings (SSSR count). The Labute approximate surface area is 178 Å². The highest BCUT2D eigenvalue weighted by Gasteiger charge is 2.15. The van der Waals surface area contributed by atoms with Gasteiger partial charge in [0.1, 0.15) is 18.1 Å². The van der Waals surface area contributed by atoms with Crippen molar-refractivity contribution in [3.05, 3.63) is 95.6 Å². The first-order valence-electron chi connectivity index (χ1n) is 9.71. The van der Waals surface area contributed by atoms with Crippen LogP contribution in [0.3, 0.4) is 0 Å². The van der Waals surface area contributed by atoms with Crippen molar-refractivity contribution in [3.8, 4) is 11.5 Å². The number of ether oxygens (including phenoxy) is 2. The Morgan fingerprint density at radius 3 is 2.20 bits per heavy atom. The summed E-state index contributed by atoms with van der Waals surface area (Å²) in [5.41, 5.74) is 3.65. The van der Waals surface area contributed by atoms with Crippen LogP contribution in [0.2, 0.25) is 0 Å². The zero-order valence-corrected chi connectivity index (χ0v) is 18.3. The highest BCUT2D eigenvalue weighted by Crippen LogP contribution is 2.33. The Balaban J connectivity index is 1.89. The van der Waals surface area contributed by atoms with Crippen LogP contribution in [0.25, 0.3) is 5.57 Å². The number of benzene rings is 3. The van der Waals surface area contributed by atoms with Crippen molar-refractivity contribution in [1.82, 2.24) is 0 Å². The third-order valence-corrected chi connectivity index (χ3v) is 6.47. The monoisotopic (exact) mass is 422 g/mol. The molecule has 0 heterocycles. The first-order chi connectivity index (χ1) is 14.4. The summed E-state index contributed by atoms with van der Waals surface area (Å²) >= 11 is 0. The van der Waals surface area contributed by atoms with Gasteiger partial charge >= 0.3 is 0 Å². The van der Waals surface area contributed by atoms with E-state index in [0.29, 0.717) is 17.3 Å². The van der Waals surface area contributed by atoms with E-state index in [1.165, 1.54) is 0 Å². The Bertz CT molecular complexity index is 1120. The minimum atomic E-state index is -3.40. The summed E-state index contributed by atoms with van der Waals surface area (Å²) in [6.45, 7) is 4.27. The molecule has 0 N–H and O–H groups in total. The van der Waals surface area contributed by atoms with Crippen LogP contribution in [0.15, 0.2) is 83.8 Å². The van der Waals surface area contributed by atoms with Gasteiger partial charge in [-0.1, -0.05) is 54.6 Å². The maximum absolute atomic E-state index is 12.6. The fourth-order valence-corrected chi connectivity index (χ4v) is 4.35. The maximum atomic E-state index is 12.6. The number of rotatable bonds is 8. The Kier molecular flexibility index (Phi) is 6.95. The van der Waals surface area contributed by atoms with Gasteiger partial charge in [-0.05, 0) is 54.8 Å². The van der Waals surface area contributed by atoms with Gasteiger partial charge in [0, 0.05) is 5.56 Å². The number of allylic oxidation sites excluding steroid dienone is 1. The summed E-state index contributed by atoms with van der Waals surface area (Å²) in [6.07, 6.45) is 1.72. The molecule has 5 heteroatoms. The molecule has 30 heavy (non-hydrogen) atoms. The topological polar surface area (TPSA) is 52.6 Å². The van der Waals surface area contributed by atoms with Gasteiger partial charge in [0.2, 0.25) is 0 Å². The summed E-state index contributed by atoms with van der Waals surface area (Å²) in [5, 5.41) is 0. The first kappa shape index (κ1) is 21.7. The lowest BCUT2D eigenvalue weighted by Gasteiger charge is -2.16. The molecular formula is C25H26O4S. The average Bonchev–Trinajstić information content (AvgIpc) is 2.77. The third-order valence-electron chi connectivity index (χ3n) is 4.87. The van der Waals surface area contributed by atoms with Gasteiger partial charge in [-0.3, -0.25) is 0 Å². The fourth-order valence-electron chi connectivity index (χ4n) is 3.11. The second-order valence-corrected chi connectivity index (χ2v) is 9.11. The Morgan fingerprint density at radius 1 is 0.933 bits per heavy atom. The summed E-state index contributed by atoms with van der Waals surface area (Å²) in [5.74, 6) is 1.34. The minimum Gasteiger partial charge on any atom is -0.496 e. The van der Waals surface area contributed by atoms with Crippen LogP contribution in [-0.2, 0) is 16.4 Å². The summed E-state index contributed by atoms with van der Waals surface area (Å²) in [6, 6.07) is 22.2. The molecule has 0 aliphatic carbocycles. The van der Waals surface area contributed by atoms with E-state index in [0.717, 1.165) is 28.0 Å². The molecule has 0 aliphatic heterocycles. The van der Waals surface area contributed by atoms with Crippen LogP contribution < -0.4 is 9.47 Å². The van der Waals surface area contributed by atoms with Gasteiger partial charge in [-0.15, -0.1) is 0 Å². The summed E-state index contributed by atoms with van der Waals surface area (Å²) in [7, 11) is -1.78. The van der Waals surface area contributed by atoms with Crippen molar-refractivity contribution in [2.24, 2.45) is 0 Å². The molecule has 3 aromatic rings. The molecule has 156 valence electrons. The van der Waals surface area contributed by atoms with Gasteiger partial charge in [0.15, 0.2) is 9.84 Å². The van der Waals surface area contributed by atoms with Crippen molar-refractivity contribution in [1.29, 1.82) is 0 Å². The van der Waals surface area contributed by atoms with E-state index in [9.17, 15) is 8.42 Å². The maximum Gasteiger partial charge on any atom is 0.181 e. The van der Waals surface area contributed by atoms with Crippen LogP contribution in [0, 0.1) is 6.92 Å². The normalized spacial score (nSPS) is 11.9. The zero-order valence-electron chi connectivity index (χ0n) is 17.5. The van der Waals surface area contributed by atoms with E-state index < -0.39 is 9.84 Å². The zero-order chi connectivity index (χ0) is 21.6. The molecule has 0 unspecified atom stereocenters. The quantitative estimate of drug-likeness (QED) is 0.484. The van der Waals surface area contributed by atoms with Crippen LogP contribution in [0.4, 0.5) is 0 Å². The molecule has 0 atom stereocenters. The summed E-state index contributed by atoms with van der Waals surface area (Å²) < 4.78 is 36.8. The predicted molar refractivity (Wildman–Crippen MR) is 121 cm³/mol. The second kappa shape index (κ2) is 9.63. The minimum absolute atomic E-state index is 0.0861. The average molecular weight is 423 g/mol. The second-order valence-electron chi connectivity index (χ2n) is 7.07. The molecule has 0 aliphatic rings. The molecule has 0 radical (unpaired) electrons. The SMILES string of the molecule is COc1cc(/C(C)=C/CS(=O)(=O)c2ccccc2)c(OCc2ccccc2)cc1C. The van der Waals surface area contributed by atoms with Crippen molar-refractivity contribution in [2.45, 2.75) is 25.3 Å². The molecule has 0 fully saturated rings. The number of sulfone groups is 1. The van der Waals surface area contributed by atoms with E-state index in [2.05, 4.69) is 0 Å². The number of aryl methyl sites for hydroxylation is 1. The number of methoxy groups -OCH3 is 1. The van der Waals surface area contributed by atoms with Gasteiger partial charge in [0.05, 0.1) is 17.8 Å². The van der Waals surface area contributed by atoms with E-state index >= 15 is 0 Å². The molecule has 3 aromatic carbocycles. The standard InChI is InChI=1S/C25H26O4S/c1-19(14-15-30(26,27)22-12-8-5-9-13-22)23-17-24(28-3)20(2)16-25(23)29-18-21-10-6-4-7-11-21/h4-14,16-17H,15,18H2,1-3H3/b19-14+. The fraction of sp³-hybridized carbons (Fsp3) is 0.200. The van der Waals surface area contributed by atoms with Crippen LogP contribution in [0.5, 0.6) is 11.5 Å². The van der Waals surface area contributed by atoms with Gasteiger partial charge < -0.3 is 9.47 Å². The smallest absolute Gasteiger partial charge is 0.181 e. The van der Waals surface area contributed by atoms with E-state index in [1.807, 2.05) is 56.3 Å². The molecule has 0 amide bonds. The van der Waals surface area contributed by atoms with E-state index in [4.69, 9.17) is 9.47 Å². The van der Waals surface area contributed by atoms with Gasteiger partial charge in [-0.2, -0.15) is 0 Å². The number of hydrogen-bond acceptors (Lipinski definition) is 4. The van der Waals surface area contributed by atoms with Gasteiger partial charge in [0.25, 0.3) is 0 Å².